The molecule has 2 rings (SSSR count). The summed E-state index contributed by atoms with van der Waals surface area (Å²) in [6.07, 6.45) is 0. The Morgan fingerprint density at radius 3 is 2.30 bits per heavy atom. The fraction of sp³-hybridized carbons (Fsp3) is 0.375. The minimum absolute atomic E-state index is 0.147. The highest BCUT2D eigenvalue weighted by atomic mass is 16.2. The molecule has 1 aromatic rings. The molecule has 20 heavy (non-hydrogen) atoms. The predicted octanol–water partition coefficient (Wildman–Crippen LogP) is 1.45. The van der Waals surface area contributed by atoms with Crippen molar-refractivity contribution in [3.05, 3.63) is 29.3 Å². The minimum Gasteiger partial charge on any atom is -0.320 e. The maximum atomic E-state index is 12.2. The monoisotopic (exact) mass is 270 g/mol. The van der Waals surface area contributed by atoms with Crippen LogP contribution in [0, 0.1) is 30.6 Å². The summed E-state index contributed by atoms with van der Waals surface area (Å²) in [5.74, 6) is 4.87. The Hall–Kier alpha value is -2.12. The minimum atomic E-state index is -0.276. The molecule has 0 radical (unpaired) electrons. The molecule has 0 bridgehead atoms. The molecule has 0 aliphatic carbocycles. The molecule has 4 heteroatoms. The number of rotatable bonds is 1. The number of aryl methyl sites for hydroxylation is 1. The zero-order valence-electron chi connectivity index (χ0n) is 11.9. The number of hydrogen-bond acceptors (Lipinski definition) is 3. The summed E-state index contributed by atoms with van der Waals surface area (Å²) in [5.41, 5.74) is 7.68. The normalized spacial score (nSPS) is 21.9. The fourth-order valence-electron chi connectivity index (χ4n) is 2.32. The van der Waals surface area contributed by atoms with E-state index in [0.717, 1.165) is 11.1 Å². The molecule has 1 aliphatic heterocycles. The van der Waals surface area contributed by atoms with Crippen molar-refractivity contribution in [2.24, 2.45) is 17.6 Å². The van der Waals surface area contributed by atoms with Gasteiger partial charge in [0.05, 0.1) is 12.2 Å². The zero-order valence-corrected chi connectivity index (χ0v) is 11.9. The van der Waals surface area contributed by atoms with Crippen LogP contribution >= 0.6 is 0 Å². The maximum absolute atomic E-state index is 12.2. The molecule has 2 unspecified atom stereocenters. The predicted molar refractivity (Wildman–Crippen MR) is 77.9 cm³/mol. The van der Waals surface area contributed by atoms with Gasteiger partial charge in [-0.25, -0.2) is 0 Å². The van der Waals surface area contributed by atoms with Crippen LogP contribution in [-0.4, -0.2) is 18.4 Å². The second kappa shape index (κ2) is 5.48. The van der Waals surface area contributed by atoms with Crippen LogP contribution in [0.25, 0.3) is 0 Å². The van der Waals surface area contributed by atoms with Gasteiger partial charge < -0.3 is 5.73 Å². The van der Waals surface area contributed by atoms with Crippen molar-refractivity contribution in [2.45, 2.75) is 20.8 Å². The van der Waals surface area contributed by atoms with Gasteiger partial charge in [0.15, 0.2) is 0 Å². The van der Waals surface area contributed by atoms with E-state index in [1.165, 1.54) is 4.90 Å². The molecule has 0 aromatic heterocycles. The van der Waals surface area contributed by atoms with Gasteiger partial charge in [-0.15, -0.1) is 0 Å². The first-order valence-electron chi connectivity index (χ1n) is 6.64. The summed E-state index contributed by atoms with van der Waals surface area (Å²) in [6, 6.07) is 5.49. The van der Waals surface area contributed by atoms with Crippen molar-refractivity contribution in [2.75, 3.05) is 11.4 Å². The lowest BCUT2D eigenvalue weighted by Crippen LogP contribution is -2.30. The van der Waals surface area contributed by atoms with E-state index in [9.17, 15) is 9.59 Å². The molecule has 1 fully saturated rings. The number of nitrogens with zero attached hydrogens (tertiary/aromatic N) is 1. The number of carbonyl (C=O) groups is 2. The SMILES string of the molecule is Cc1cc(C#CCN)cc(N2C(=O)C(C)C(C)C2=O)c1. The molecular formula is C16H18N2O2. The second-order valence-electron chi connectivity index (χ2n) is 5.15. The summed E-state index contributed by atoms with van der Waals surface area (Å²) in [6.45, 7) is 5.76. The molecule has 2 amide bonds. The lowest BCUT2D eigenvalue weighted by atomic mass is 10.00. The van der Waals surface area contributed by atoms with Crippen molar-refractivity contribution in [3.8, 4) is 11.8 Å². The number of imide groups is 1. The van der Waals surface area contributed by atoms with Gasteiger partial charge in [0.2, 0.25) is 11.8 Å². The molecule has 1 aliphatic rings. The van der Waals surface area contributed by atoms with E-state index in [1.54, 1.807) is 19.9 Å². The first kappa shape index (κ1) is 14.3. The molecule has 104 valence electrons. The van der Waals surface area contributed by atoms with Gasteiger partial charge >= 0.3 is 0 Å². The molecule has 1 aromatic carbocycles. The van der Waals surface area contributed by atoms with Crippen molar-refractivity contribution < 1.29 is 9.59 Å². The van der Waals surface area contributed by atoms with Crippen molar-refractivity contribution in [3.63, 3.8) is 0 Å². The number of hydrogen-bond donors (Lipinski definition) is 1. The average molecular weight is 270 g/mol. The maximum Gasteiger partial charge on any atom is 0.237 e. The van der Waals surface area contributed by atoms with E-state index in [0.29, 0.717) is 5.69 Å². The molecule has 1 heterocycles. The van der Waals surface area contributed by atoms with E-state index in [1.807, 2.05) is 19.1 Å². The summed E-state index contributed by atoms with van der Waals surface area (Å²) in [5, 5.41) is 0. The second-order valence-corrected chi connectivity index (χ2v) is 5.15. The van der Waals surface area contributed by atoms with Gasteiger partial charge in [-0.3, -0.25) is 14.5 Å². The van der Waals surface area contributed by atoms with Crippen molar-refractivity contribution >= 4 is 17.5 Å². The number of amides is 2. The Morgan fingerprint density at radius 2 is 1.75 bits per heavy atom. The van der Waals surface area contributed by atoms with Gasteiger partial charge in [0.1, 0.15) is 0 Å². The molecule has 1 saturated heterocycles. The lowest BCUT2D eigenvalue weighted by Gasteiger charge is -2.15. The topological polar surface area (TPSA) is 63.4 Å². The van der Waals surface area contributed by atoms with Crippen molar-refractivity contribution in [1.29, 1.82) is 0 Å². The average Bonchev–Trinajstić information content (AvgIpc) is 2.60. The molecule has 4 nitrogen and oxygen atoms in total. The number of carbonyl (C=O) groups excluding carboxylic acids is 2. The third-order valence-corrected chi connectivity index (χ3v) is 3.62. The number of nitrogens with two attached hydrogens (primary N) is 1. The summed E-state index contributed by atoms with van der Waals surface area (Å²) < 4.78 is 0. The largest absolute Gasteiger partial charge is 0.320 e. The van der Waals surface area contributed by atoms with Crippen LogP contribution in [0.3, 0.4) is 0 Å². The Kier molecular flexibility index (Phi) is 3.91. The quantitative estimate of drug-likeness (QED) is 0.620. The molecule has 2 N–H and O–H groups in total. The summed E-state index contributed by atoms with van der Waals surface area (Å²) in [4.78, 5) is 25.7. The zero-order chi connectivity index (χ0) is 14.9. The third kappa shape index (κ3) is 2.45. The first-order valence-corrected chi connectivity index (χ1v) is 6.64. The van der Waals surface area contributed by atoms with Crippen LogP contribution in [0.4, 0.5) is 5.69 Å². The van der Waals surface area contributed by atoms with Crippen LogP contribution < -0.4 is 10.6 Å². The third-order valence-electron chi connectivity index (χ3n) is 3.62. The van der Waals surface area contributed by atoms with Gasteiger partial charge in [0, 0.05) is 17.4 Å². The first-order chi connectivity index (χ1) is 9.45. The lowest BCUT2D eigenvalue weighted by molar-refractivity contribution is -0.122. The van der Waals surface area contributed by atoms with Crippen LogP contribution in [0.5, 0.6) is 0 Å². The van der Waals surface area contributed by atoms with Gasteiger partial charge in [-0.05, 0) is 30.7 Å². The van der Waals surface area contributed by atoms with Crippen LogP contribution in [0.15, 0.2) is 18.2 Å². The van der Waals surface area contributed by atoms with E-state index in [2.05, 4.69) is 11.8 Å². The Bertz CT molecular complexity index is 605. The molecule has 0 saturated carbocycles. The standard InChI is InChI=1S/C16H18N2O2/c1-10-7-13(5-4-6-17)9-14(8-10)18-15(19)11(2)12(3)16(18)20/h7-9,11-12H,6,17H2,1-3H3. The molecular weight excluding hydrogens is 252 g/mol. The highest BCUT2D eigenvalue weighted by molar-refractivity contribution is 6.21. The Labute approximate surface area is 118 Å². The molecule has 0 spiro atoms. The summed E-state index contributed by atoms with van der Waals surface area (Å²) >= 11 is 0. The van der Waals surface area contributed by atoms with E-state index in [-0.39, 0.29) is 30.2 Å². The van der Waals surface area contributed by atoms with E-state index >= 15 is 0 Å². The fourth-order valence-corrected chi connectivity index (χ4v) is 2.32. The van der Waals surface area contributed by atoms with Crippen LogP contribution in [0.1, 0.15) is 25.0 Å². The van der Waals surface area contributed by atoms with Crippen molar-refractivity contribution in [1.82, 2.24) is 0 Å². The summed E-state index contributed by atoms with van der Waals surface area (Å²) in [7, 11) is 0. The van der Waals surface area contributed by atoms with Crippen LogP contribution in [-0.2, 0) is 9.59 Å². The Morgan fingerprint density at radius 1 is 1.15 bits per heavy atom. The van der Waals surface area contributed by atoms with Gasteiger partial charge in [-0.1, -0.05) is 25.7 Å². The number of benzene rings is 1. The Balaban J connectivity index is 2.45. The number of anilines is 1. The molecule has 2 atom stereocenters. The van der Waals surface area contributed by atoms with Gasteiger partial charge in [0.25, 0.3) is 0 Å². The van der Waals surface area contributed by atoms with Gasteiger partial charge in [-0.2, -0.15) is 0 Å². The highest BCUT2D eigenvalue weighted by Gasteiger charge is 2.43. The van der Waals surface area contributed by atoms with E-state index in [4.69, 9.17) is 5.73 Å². The smallest absolute Gasteiger partial charge is 0.237 e. The van der Waals surface area contributed by atoms with E-state index < -0.39 is 0 Å². The highest BCUT2D eigenvalue weighted by Crippen LogP contribution is 2.31. The van der Waals surface area contributed by atoms with Crippen LogP contribution in [0.2, 0.25) is 0 Å².